The maximum Gasteiger partial charge on any atom is 0.220 e. The van der Waals surface area contributed by atoms with Gasteiger partial charge >= 0.3 is 0 Å². The van der Waals surface area contributed by atoms with E-state index in [4.69, 9.17) is 0 Å². The van der Waals surface area contributed by atoms with Crippen molar-refractivity contribution < 1.29 is 15.0 Å². The Bertz CT molecular complexity index is 680. The number of hydrogen-bond donors (Lipinski definition) is 3. The Balaban J connectivity index is 3.44. The summed E-state index contributed by atoms with van der Waals surface area (Å²) >= 11 is 0. The van der Waals surface area contributed by atoms with Crippen molar-refractivity contribution in [3.8, 4) is 0 Å². The summed E-state index contributed by atoms with van der Waals surface area (Å²) in [6, 6.07) is -0.532. The molecule has 4 nitrogen and oxygen atoms in total. The summed E-state index contributed by atoms with van der Waals surface area (Å²) in [4.78, 5) is 12.4. The van der Waals surface area contributed by atoms with Crippen LogP contribution in [0.2, 0.25) is 0 Å². The van der Waals surface area contributed by atoms with Crippen molar-refractivity contribution in [3.05, 3.63) is 12.2 Å². The van der Waals surface area contributed by atoms with Crippen molar-refractivity contribution in [2.45, 2.75) is 270 Å². The highest BCUT2D eigenvalue weighted by Gasteiger charge is 2.20. The van der Waals surface area contributed by atoms with Crippen LogP contribution < -0.4 is 5.32 Å². The minimum absolute atomic E-state index is 0.0306. The molecule has 0 aromatic heterocycles. The Morgan fingerprint density at radius 3 is 1.10 bits per heavy atom. The molecule has 0 bridgehead atoms. The molecule has 4 heteroatoms. The normalized spacial score (nSPS) is 13.0. The standard InChI is InChI=1S/C46H91NO3/c1-3-5-7-9-11-13-15-17-18-19-20-21-22-23-24-25-26-27-28-29-30-32-34-36-38-40-42-46(50)47-44(43-48)45(49)41-39-37-35-33-31-16-14-12-10-8-6-4-2/h23-24,44-45,48-49H,3-22,25-43H2,1-2H3,(H,47,50)/b24-23-. The molecule has 2 unspecified atom stereocenters. The second-order valence-electron chi connectivity index (χ2n) is 15.8. The van der Waals surface area contributed by atoms with E-state index in [1.165, 1.54) is 205 Å². The van der Waals surface area contributed by atoms with E-state index in [1.807, 2.05) is 0 Å². The van der Waals surface area contributed by atoms with Crippen LogP contribution in [0.4, 0.5) is 0 Å². The molecule has 298 valence electrons. The Labute approximate surface area is 314 Å². The SMILES string of the molecule is CCCCCCCCCCCCCC/C=C\CCCCCCCCCCCCC(=O)NC(CO)C(O)CCCCCCCCCCCCCC. The Kier molecular flexibility index (Phi) is 41.8. The third-order valence-electron chi connectivity index (χ3n) is 10.8. The molecule has 0 saturated carbocycles. The largest absolute Gasteiger partial charge is 0.394 e. The monoisotopic (exact) mass is 706 g/mol. The number of rotatable bonds is 42. The van der Waals surface area contributed by atoms with Crippen molar-refractivity contribution >= 4 is 5.91 Å². The van der Waals surface area contributed by atoms with Crippen LogP contribution in [-0.4, -0.2) is 34.9 Å². The van der Waals surface area contributed by atoms with E-state index < -0.39 is 12.1 Å². The molecule has 0 spiro atoms. The molecular formula is C46H91NO3. The van der Waals surface area contributed by atoms with Gasteiger partial charge in [-0.3, -0.25) is 4.79 Å². The van der Waals surface area contributed by atoms with E-state index in [0.29, 0.717) is 12.8 Å². The van der Waals surface area contributed by atoms with Crippen molar-refractivity contribution in [3.63, 3.8) is 0 Å². The fourth-order valence-corrected chi connectivity index (χ4v) is 7.24. The Morgan fingerprint density at radius 1 is 0.460 bits per heavy atom. The summed E-state index contributed by atoms with van der Waals surface area (Å²) in [6.07, 6.45) is 53.0. The van der Waals surface area contributed by atoms with Crippen LogP contribution in [0, 0.1) is 0 Å². The number of amides is 1. The minimum atomic E-state index is -0.655. The number of carbonyl (C=O) groups excluding carboxylic acids is 1. The first-order valence-electron chi connectivity index (χ1n) is 22.9. The summed E-state index contributed by atoms with van der Waals surface area (Å²) in [5, 5.41) is 23.1. The highest BCUT2D eigenvalue weighted by molar-refractivity contribution is 5.76. The third-order valence-corrected chi connectivity index (χ3v) is 10.8. The molecule has 0 aliphatic carbocycles. The fourth-order valence-electron chi connectivity index (χ4n) is 7.24. The van der Waals surface area contributed by atoms with Gasteiger partial charge in [-0.15, -0.1) is 0 Å². The van der Waals surface area contributed by atoms with Gasteiger partial charge in [0.15, 0.2) is 0 Å². The second-order valence-corrected chi connectivity index (χ2v) is 15.8. The van der Waals surface area contributed by atoms with Crippen molar-refractivity contribution in [1.29, 1.82) is 0 Å². The summed E-state index contributed by atoms with van der Waals surface area (Å²) < 4.78 is 0. The van der Waals surface area contributed by atoms with E-state index in [0.717, 1.165) is 25.7 Å². The zero-order chi connectivity index (χ0) is 36.4. The molecule has 0 heterocycles. The number of allylic oxidation sites excluding steroid dienone is 2. The van der Waals surface area contributed by atoms with E-state index in [2.05, 4.69) is 31.3 Å². The summed E-state index contributed by atoms with van der Waals surface area (Å²) in [5.74, 6) is -0.0306. The van der Waals surface area contributed by atoms with E-state index in [1.54, 1.807) is 0 Å². The molecule has 0 fully saturated rings. The first-order chi connectivity index (χ1) is 24.7. The maximum absolute atomic E-state index is 12.4. The van der Waals surface area contributed by atoms with Gasteiger partial charge < -0.3 is 15.5 Å². The Hall–Kier alpha value is -0.870. The lowest BCUT2D eigenvalue weighted by Gasteiger charge is -2.22. The molecule has 0 aliphatic heterocycles. The summed E-state index contributed by atoms with van der Waals surface area (Å²) in [5.41, 5.74) is 0. The predicted molar refractivity (Wildman–Crippen MR) is 221 cm³/mol. The number of hydrogen-bond acceptors (Lipinski definition) is 3. The number of aliphatic hydroxyl groups is 2. The van der Waals surface area contributed by atoms with Gasteiger partial charge in [0.05, 0.1) is 18.8 Å². The molecule has 1 amide bonds. The van der Waals surface area contributed by atoms with Gasteiger partial charge in [0, 0.05) is 6.42 Å². The molecule has 3 N–H and O–H groups in total. The van der Waals surface area contributed by atoms with E-state index in [9.17, 15) is 15.0 Å². The predicted octanol–water partition coefficient (Wildman–Crippen LogP) is 14.2. The van der Waals surface area contributed by atoms with Crippen LogP contribution in [0.25, 0.3) is 0 Å². The van der Waals surface area contributed by atoms with Crippen LogP contribution in [0.1, 0.15) is 258 Å². The van der Waals surface area contributed by atoms with Gasteiger partial charge in [-0.25, -0.2) is 0 Å². The fraction of sp³-hybridized carbons (Fsp3) is 0.935. The van der Waals surface area contributed by atoms with Crippen LogP contribution in [0.3, 0.4) is 0 Å². The van der Waals surface area contributed by atoms with Crippen LogP contribution in [0.15, 0.2) is 12.2 Å². The number of carbonyl (C=O) groups is 1. The quantitative estimate of drug-likeness (QED) is 0.0437. The highest BCUT2D eigenvalue weighted by Crippen LogP contribution is 2.16. The summed E-state index contributed by atoms with van der Waals surface area (Å²) in [7, 11) is 0. The smallest absolute Gasteiger partial charge is 0.220 e. The lowest BCUT2D eigenvalue weighted by molar-refractivity contribution is -0.123. The topological polar surface area (TPSA) is 69.6 Å². The average molecular weight is 706 g/mol. The molecule has 0 saturated heterocycles. The van der Waals surface area contributed by atoms with Gasteiger partial charge in [-0.05, 0) is 38.5 Å². The number of unbranched alkanes of at least 4 members (excludes halogenated alkanes) is 33. The lowest BCUT2D eigenvalue weighted by atomic mass is 10.0. The van der Waals surface area contributed by atoms with Crippen LogP contribution in [-0.2, 0) is 4.79 Å². The van der Waals surface area contributed by atoms with Crippen LogP contribution >= 0.6 is 0 Å². The first kappa shape index (κ1) is 49.1. The molecule has 2 atom stereocenters. The highest BCUT2D eigenvalue weighted by atomic mass is 16.3. The molecule has 50 heavy (non-hydrogen) atoms. The second kappa shape index (κ2) is 42.5. The van der Waals surface area contributed by atoms with Crippen molar-refractivity contribution in [1.82, 2.24) is 5.32 Å². The zero-order valence-electron chi connectivity index (χ0n) is 34.2. The maximum atomic E-state index is 12.4. The summed E-state index contributed by atoms with van der Waals surface area (Å²) in [6.45, 7) is 4.37. The number of aliphatic hydroxyl groups excluding tert-OH is 2. The Morgan fingerprint density at radius 2 is 0.760 bits per heavy atom. The molecule has 0 rings (SSSR count). The van der Waals surface area contributed by atoms with Gasteiger partial charge in [0.2, 0.25) is 5.91 Å². The van der Waals surface area contributed by atoms with E-state index in [-0.39, 0.29) is 12.5 Å². The first-order valence-corrected chi connectivity index (χ1v) is 22.9. The third kappa shape index (κ3) is 38.4. The van der Waals surface area contributed by atoms with Crippen molar-refractivity contribution in [2.24, 2.45) is 0 Å². The lowest BCUT2D eigenvalue weighted by Crippen LogP contribution is -2.45. The van der Waals surface area contributed by atoms with Gasteiger partial charge in [-0.2, -0.15) is 0 Å². The van der Waals surface area contributed by atoms with Crippen molar-refractivity contribution in [2.75, 3.05) is 6.61 Å². The average Bonchev–Trinajstić information content (AvgIpc) is 3.12. The molecule has 0 aliphatic rings. The zero-order valence-corrected chi connectivity index (χ0v) is 34.2. The molecule has 0 aromatic carbocycles. The molecule has 0 aromatic rings. The molecule has 0 radical (unpaired) electrons. The van der Waals surface area contributed by atoms with Gasteiger partial charge in [0.1, 0.15) is 0 Å². The van der Waals surface area contributed by atoms with Gasteiger partial charge in [0.25, 0.3) is 0 Å². The van der Waals surface area contributed by atoms with Gasteiger partial charge in [-0.1, -0.05) is 225 Å². The minimum Gasteiger partial charge on any atom is -0.394 e. The van der Waals surface area contributed by atoms with Crippen LogP contribution in [0.5, 0.6) is 0 Å². The number of nitrogens with one attached hydrogen (secondary N) is 1. The molecular weight excluding hydrogens is 615 g/mol. The van der Waals surface area contributed by atoms with E-state index >= 15 is 0 Å².